The van der Waals surface area contributed by atoms with Crippen LogP contribution in [0.25, 0.3) is 0 Å². The second-order valence-electron chi connectivity index (χ2n) is 6.20. The Labute approximate surface area is 150 Å². The highest BCUT2D eigenvalue weighted by atomic mass is 19.4. The minimum Gasteiger partial charge on any atom is -0.370 e. The normalized spacial score (nSPS) is 14.8. The maximum Gasteiger partial charge on any atom is 0.416 e. The van der Waals surface area contributed by atoms with E-state index in [1.165, 1.54) is 18.4 Å². The van der Waals surface area contributed by atoms with E-state index in [2.05, 4.69) is 10.6 Å². The van der Waals surface area contributed by atoms with Gasteiger partial charge in [-0.2, -0.15) is 13.2 Å². The van der Waals surface area contributed by atoms with E-state index in [1.807, 2.05) is 4.90 Å². The van der Waals surface area contributed by atoms with Crippen LogP contribution < -0.4 is 20.9 Å². The summed E-state index contributed by atoms with van der Waals surface area (Å²) in [5.74, 6) is -0.683. The van der Waals surface area contributed by atoms with E-state index >= 15 is 0 Å². The summed E-state index contributed by atoms with van der Waals surface area (Å²) in [6.07, 6.45) is -1.46. The minimum atomic E-state index is -4.48. The molecule has 0 spiro atoms. The number of halogens is 3. The maximum absolute atomic E-state index is 13.0. The summed E-state index contributed by atoms with van der Waals surface area (Å²) >= 11 is 0. The average Bonchev–Trinajstić information content (AvgIpc) is 2.61. The first-order chi connectivity index (χ1) is 12.3. The molecule has 6 nitrogen and oxygen atoms in total. The molecule has 144 valence electrons. The number of nitrogens with two attached hydrogens (primary N) is 1. The van der Waals surface area contributed by atoms with Gasteiger partial charge in [-0.05, 0) is 37.5 Å². The van der Waals surface area contributed by atoms with Crippen molar-refractivity contribution < 1.29 is 28.1 Å². The highest BCUT2D eigenvalue weighted by Crippen LogP contribution is 2.36. The molecule has 26 heavy (non-hydrogen) atoms. The molecule has 1 aromatic carbocycles. The fraction of sp³-hybridized carbons (Fsp3) is 0.529. The second-order valence-corrected chi connectivity index (χ2v) is 6.20. The van der Waals surface area contributed by atoms with Crippen molar-refractivity contribution in [2.75, 3.05) is 43.4 Å². The average molecular weight is 373 g/mol. The number of nitrogens with zero attached hydrogens (tertiary/aromatic N) is 1. The van der Waals surface area contributed by atoms with Gasteiger partial charge in [0.15, 0.2) is 13.1 Å². The van der Waals surface area contributed by atoms with E-state index in [0.29, 0.717) is 5.69 Å². The fourth-order valence-corrected chi connectivity index (χ4v) is 2.86. The Morgan fingerprint density at radius 1 is 1.12 bits per heavy atom. The van der Waals surface area contributed by atoms with E-state index in [9.17, 15) is 22.8 Å². The highest BCUT2D eigenvalue weighted by Gasteiger charge is 2.32. The topological polar surface area (TPSA) is 78.0 Å². The molecule has 1 aliphatic rings. The number of carbonyl (C=O) groups excluding carboxylic acids is 2. The lowest BCUT2D eigenvalue weighted by Gasteiger charge is -2.31. The predicted molar refractivity (Wildman–Crippen MR) is 91.9 cm³/mol. The Kier molecular flexibility index (Phi) is 6.84. The van der Waals surface area contributed by atoms with E-state index in [4.69, 9.17) is 0 Å². The number of hydrogen-bond donors (Lipinski definition) is 3. The largest absolute Gasteiger partial charge is 0.416 e. The molecule has 1 aromatic rings. The van der Waals surface area contributed by atoms with Crippen molar-refractivity contribution in [3.63, 3.8) is 0 Å². The Bertz CT molecular complexity index is 643. The zero-order valence-electron chi connectivity index (χ0n) is 14.7. The summed E-state index contributed by atoms with van der Waals surface area (Å²) in [5, 5.41) is 6.49. The number of quaternary nitrogens is 1. The summed E-state index contributed by atoms with van der Waals surface area (Å²) in [6.45, 7) is 1.52. The van der Waals surface area contributed by atoms with E-state index in [0.717, 1.165) is 44.5 Å². The van der Waals surface area contributed by atoms with Gasteiger partial charge in [0, 0.05) is 20.1 Å². The molecule has 1 saturated heterocycles. The molecular weight excluding hydrogens is 349 g/mol. The molecule has 0 atom stereocenters. The fourth-order valence-electron chi connectivity index (χ4n) is 2.86. The summed E-state index contributed by atoms with van der Waals surface area (Å²) < 4.78 is 39.1. The number of nitrogens with one attached hydrogen (secondary N) is 2. The van der Waals surface area contributed by atoms with Gasteiger partial charge >= 0.3 is 6.18 Å². The molecule has 0 bridgehead atoms. The molecule has 0 saturated carbocycles. The number of carbonyl (C=O) groups is 2. The lowest BCUT2D eigenvalue weighted by molar-refractivity contribution is -0.632. The number of benzene rings is 1. The third-order valence-electron chi connectivity index (χ3n) is 4.23. The second kappa shape index (κ2) is 8.88. The monoisotopic (exact) mass is 373 g/mol. The van der Waals surface area contributed by atoms with Crippen LogP contribution in [0.1, 0.15) is 24.8 Å². The number of hydrogen-bond acceptors (Lipinski definition) is 3. The molecule has 2 amide bonds. The lowest BCUT2D eigenvalue weighted by atomic mass is 10.1. The van der Waals surface area contributed by atoms with Crippen LogP contribution in [-0.2, 0) is 15.8 Å². The number of amides is 2. The molecule has 0 aliphatic carbocycles. The van der Waals surface area contributed by atoms with Gasteiger partial charge in [-0.1, -0.05) is 0 Å². The summed E-state index contributed by atoms with van der Waals surface area (Å²) in [5.41, 5.74) is -0.0553. The molecule has 9 heteroatoms. The van der Waals surface area contributed by atoms with Crippen LogP contribution in [0.4, 0.5) is 24.5 Å². The number of likely N-dealkylation sites (N-methyl/N-ethyl adjacent to an activating group) is 1. The molecule has 1 aliphatic heterocycles. The highest BCUT2D eigenvalue weighted by molar-refractivity contribution is 5.95. The molecule has 1 heterocycles. The predicted octanol–water partition coefficient (Wildman–Crippen LogP) is 0.944. The van der Waals surface area contributed by atoms with Crippen LogP contribution in [-0.4, -0.2) is 45.0 Å². The molecule has 0 radical (unpaired) electrons. The minimum absolute atomic E-state index is 0.0525. The number of anilines is 2. The SMILES string of the molecule is CNC(=O)C[NH2+]CC(=O)Nc1cc(C(F)(F)F)ccc1N1CCCCC1. The van der Waals surface area contributed by atoms with Crippen molar-refractivity contribution in [2.45, 2.75) is 25.4 Å². The Balaban J connectivity index is 2.14. The molecule has 0 aromatic heterocycles. The number of alkyl halides is 3. The van der Waals surface area contributed by atoms with Crippen molar-refractivity contribution in [3.05, 3.63) is 23.8 Å². The van der Waals surface area contributed by atoms with Gasteiger partial charge in [-0.25, -0.2) is 0 Å². The molecular formula is C17H24F3N4O2+. The van der Waals surface area contributed by atoms with Crippen molar-refractivity contribution >= 4 is 23.2 Å². The summed E-state index contributed by atoms with van der Waals surface area (Å²) in [4.78, 5) is 25.3. The van der Waals surface area contributed by atoms with Crippen molar-refractivity contribution in [3.8, 4) is 0 Å². The Hall–Kier alpha value is -2.29. The summed E-state index contributed by atoms with van der Waals surface area (Å²) in [6, 6.07) is 3.43. The molecule has 2 rings (SSSR count). The molecule has 1 fully saturated rings. The van der Waals surface area contributed by atoms with E-state index in [1.54, 1.807) is 0 Å². The maximum atomic E-state index is 13.0. The Morgan fingerprint density at radius 3 is 2.38 bits per heavy atom. The van der Waals surface area contributed by atoms with Crippen LogP contribution >= 0.6 is 0 Å². The van der Waals surface area contributed by atoms with Gasteiger partial charge in [-0.3, -0.25) is 9.59 Å². The van der Waals surface area contributed by atoms with Gasteiger partial charge < -0.3 is 20.9 Å². The van der Waals surface area contributed by atoms with Gasteiger partial charge in [0.2, 0.25) is 0 Å². The van der Waals surface area contributed by atoms with E-state index < -0.39 is 17.6 Å². The van der Waals surface area contributed by atoms with Gasteiger partial charge in [0.1, 0.15) is 0 Å². The smallest absolute Gasteiger partial charge is 0.370 e. The zero-order valence-corrected chi connectivity index (χ0v) is 14.7. The van der Waals surface area contributed by atoms with Crippen molar-refractivity contribution in [2.24, 2.45) is 0 Å². The number of piperidine rings is 1. The van der Waals surface area contributed by atoms with Crippen molar-refractivity contribution in [1.82, 2.24) is 5.32 Å². The standard InChI is InChI=1S/C17H23F3N4O2/c1-21-15(25)10-22-11-16(26)23-13-9-12(17(18,19)20)5-6-14(13)24-7-3-2-4-8-24/h5-6,9,22H,2-4,7-8,10-11H2,1H3,(H,21,25)(H,23,26)/p+1. The van der Waals surface area contributed by atoms with Crippen LogP contribution in [0, 0.1) is 0 Å². The third-order valence-corrected chi connectivity index (χ3v) is 4.23. The van der Waals surface area contributed by atoms with Gasteiger partial charge in [0.25, 0.3) is 11.8 Å². The van der Waals surface area contributed by atoms with Crippen LogP contribution in [0.15, 0.2) is 18.2 Å². The van der Waals surface area contributed by atoms with Crippen LogP contribution in [0.3, 0.4) is 0 Å². The first-order valence-corrected chi connectivity index (χ1v) is 8.59. The van der Waals surface area contributed by atoms with Gasteiger partial charge in [-0.15, -0.1) is 0 Å². The molecule has 0 unspecified atom stereocenters. The molecule has 4 N–H and O–H groups in total. The number of rotatable bonds is 6. The third kappa shape index (κ3) is 5.62. The first-order valence-electron chi connectivity index (χ1n) is 8.59. The quantitative estimate of drug-likeness (QED) is 0.695. The Morgan fingerprint density at radius 2 is 1.77 bits per heavy atom. The lowest BCUT2D eigenvalue weighted by Crippen LogP contribution is -2.88. The van der Waals surface area contributed by atoms with Crippen LogP contribution in [0.5, 0.6) is 0 Å². The zero-order chi connectivity index (χ0) is 19.2. The van der Waals surface area contributed by atoms with Crippen LogP contribution in [0.2, 0.25) is 0 Å². The summed E-state index contributed by atoms with van der Waals surface area (Å²) in [7, 11) is 1.49. The first kappa shape index (κ1) is 20.0. The van der Waals surface area contributed by atoms with Crippen molar-refractivity contribution in [1.29, 1.82) is 0 Å². The van der Waals surface area contributed by atoms with E-state index in [-0.39, 0.29) is 24.7 Å². The van der Waals surface area contributed by atoms with Gasteiger partial charge in [0.05, 0.1) is 16.9 Å².